The number of thiazole rings is 1. The highest BCUT2D eigenvalue weighted by atomic mass is 79.9. The Labute approximate surface area is 246 Å². The van der Waals surface area contributed by atoms with Gasteiger partial charge >= 0.3 is 5.97 Å². The fourth-order valence-electron chi connectivity index (χ4n) is 5.42. The molecule has 0 aliphatic carbocycles. The molecule has 2 aliphatic rings. The Kier molecular flexibility index (Phi) is 8.90. The van der Waals surface area contributed by atoms with Crippen molar-refractivity contribution in [3.8, 4) is 5.75 Å². The molecule has 0 radical (unpaired) electrons. The first-order valence-electron chi connectivity index (χ1n) is 13.9. The largest absolute Gasteiger partial charge is 0.496 e. The molecule has 1 atom stereocenters. The van der Waals surface area contributed by atoms with Crippen molar-refractivity contribution < 1.29 is 14.3 Å². The number of methoxy groups -OCH3 is 1. The lowest BCUT2D eigenvalue weighted by molar-refractivity contribution is -0.139. The predicted octanol–water partition coefficient (Wildman–Crippen LogP) is 5.34. The lowest BCUT2D eigenvalue weighted by Gasteiger charge is -2.28. The first kappa shape index (κ1) is 28.4. The number of carbonyl (C=O) groups is 1. The topological polar surface area (TPSA) is 73.1 Å². The fourth-order valence-corrected chi connectivity index (χ4v) is 6.82. The zero-order valence-electron chi connectivity index (χ0n) is 23.1. The maximum absolute atomic E-state index is 14.0. The minimum Gasteiger partial charge on any atom is -0.496 e. The zero-order valence-corrected chi connectivity index (χ0v) is 25.5. The number of rotatable bonds is 8. The monoisotopic (exact) mass is 623 g/mol. The van der Waals surface area contributed by atoms with Crippen LogP contribution in [0, 0.1) is 0 Å². The number of hydrogen-bond donors (Lipinski definition) is 0. The summed E-state index contributed by atoms with van der Waals surface area (Å²) in [5.41, 5.74) is 3.68. The number of halogens is 1. The third kappa shape index (κ3) is 5.67. The maximum atomic E-state index is 14.0. The molecule has 0 N–H and O–H groups in total. The molecule has 5 rings (SSSR count). The van der Waals surface area contributed by atoms with Gasteiger partial charge in [-0.3, -0.25) is 9.36 Å². The summed E-state index contributed by atoms with van der Waals surface area (Å²) in [6, 6.07) is 13.2. The van der Waals surface area contributed by atoms with Crippen molar-refractivity contribution in [3.63, 3.8) is 0 Å². The number of anilines is 1. The Morgan fingerprint density at radius 3 is 2.55 bits per heavy atom. The van der Waals surface area contributed by atoms with E-state index < -0.39 is 12.0 Å². The van der Waals surface area contributed by atoms with E-state index in [1.165, 1.54) is 36.3 Å². The van der Waals surface area contributed by atoms with Gasteiger partial charge in [0.25, 0.3) is 5.56 Å². The van der Waals surface area contributed by atoms with Crippen LogP contribution >= 0.6 is 27.3 Å². The molecule has 2 aromatic carbocycles. The third-order valence-corrected chi connectivity index (χ3v) is 8.77. The molecule has 0 saturated carbocycles. The van der Waals surface area contributed by atoms with E-state index in [9.17, 15) is 9.59 Å². The van der Waals surface area contributed by atoms with E-state index in [0.29, 0.717) is 38.3 Å². The van der Waals surface area contributed by atoms with Gasteiger partial charge in [0, 0.05) is 28.8 Å². The van der Waals surface area contributed by atoms with E-state index in [-0.39, 0.29) is 12.2 Å². The third-order valence-electron chi connectivity index (χ3n) is 7.29. The molecule has 210 valence electrons. The fraction of sp³-hybridized carbons (Fsp3) is 0.387. The molecule has 0 unspecified atom stereocenters. The van der Waals surface area contributed by atoms with Crippen LogP contribution in [0.3, 0.4) is 0 Å². The highest BCUT2D eigenvalue weighted by Crippen LogP contribution is 2.38. The number of carbonyl (C=O) groups excluding carboxylic acids is 1. The second kappa shape index (κ2) is 12.6. The molecule has 1 saturated heterocycles. The van der Waals surface area contributed by atoms with Crippen LogP contribution in [0.15, 0.2) is 68.0 Å². The summed E-state index contributed by atoms with van der Waals surface area (Å²) in [4.78, 5) is 35.3. The SMILES string of the molecule is CCCC1=C(C(=O)OCC)[C@@H](c2cc(Br)ccc2OC)n2c(s/c(=C\c3ccc(N4CCCCC4)cc3)c2=O)=N1. The van der Waals surface area contributed by atoms with Crippen LogP contribution in [-0.2, 0) is 9.53 Å². The number of hydrogen-bond acceptors (Lipinski definition) is 7. The van der Waals surface area contributed by atoms with Gasteiger partial charge in [-0.2, -0.15) is 0 Å². The zero-order chi connectivity index (χ0) is 28.2. The Balaban J connectivity index is 1.66. The molecule has 1 fully saturated rings. The first-order chi connectivity index (χ1) is 19.4. The van der Waals surface area contributed by atoms with Crippen molar-refractivity contribution in [1.82, 2.24) is 4.57 Å². The first-order valence-corrected chi connectivity index (χ1v) is 15.5. The normalized spacial score (nSPS) is 17.4. The number of fused-ring (bicyclic) bond motifs is 1. The number of esters is 1. The summed E-state index contributed by atoms with van der Waals surface area (Å²) < 4.78 is 14.2. The van der Waals surface area contributed by atoms with Crippen molar-refractivity contribution in [2.75, 3.05) is 31.7 Å². The van der Waals surface area contributed by atoms with Crippen molar-refractivity contribution >= 4 is 45.0 Å². The summed E-state index contributed by atoms with van der Waals surface area (Å²) >= 11 is 4.90. The van der Waals surface area contributed by atoms with Gasteiger partial charge in [0.05, 0.1) is 29.5 Å². The molecule has 2 aliphatic heterocycles. The summed E-state index contributed by atoms with van der Waals surface area (Å²) in [7, 11) is 1.59. The summed E-state index contributed by atoms with van der Waals surface area (Å²) in [5.74, 6) is 0.111. The number of ether oxygens (including phenoxy) is 2. The van der Waals surface area contributed by atoms with E-state index in [1.54, 1.807) is 18.6 Å². The molecule has 1 aromatic heterocycles. The van der Waals surface area contributed by atoms with Gasteiger partial charge in [-0.05, 0) is 74.6 Å². The van der Waals surface area contributed by atoms with Gasteiger partial charge in [-0.15, -0.1) is 0 Å². The van der Waals surface area contributed by atoms with Crippen LogP contribution in [0.4, 0.5) is 5.69 Å². The Morgan fingerprint density at radius 2 is 1.88 bits per heavy atom. The van der Waals surface area contributed by atoms with Crippen LogP contribution in [-0.4, -0.2) is 37.3 Å². The average Bonchev–Trinajstić information content (AvgIpc) is 3.27. The molecule has 9 heteroatoms. The minimum absolute atomic E-state index is 0.201. The summed E-state index contributed by atoms with van der Waals surface area (Å²) in [6.45, 7) is 6.21. The number of allylic oxidation sites excluding steroid dienone is 1. The Morgan fingerprint density at radius 1 is 1.12 bits per heavy atom. The summed E-state index contributed by atoms with van der Waals surface area (Å²) in [5, 5.41) is 0. The smallest absolute Gasteiger partial charge is 0.338 e. The summed E-state index contributed by atoms with van der Waals surface area (Å²) in [6.07, 6.45) is 7.03. The second-order valence-electron chi connectivity index (χ2n) is 9.94. The number of aromatic nitrogens is 1. The number of benzene rings is 2. The molecule has 3 heterocycles. The molecular formula is C31H34BrN3O4S. The predicted molar refractivity (Wildman–Crippen MR) is 163 cm³/mol. The van der Waals surface area contributed by atoms with Gasteiger partial charge in [0.1, 0.15) is 11.8 Å². The minimum atomic E-state index is -0.729. The molecule has 0 spiro atoms. The lowest BCUT2D eigenvalue weighted by atomic mass is 9.93. The Hall–Kier alpha value is -3.17. The van der Waals surface area contributed by atoms with Gasteiger partial charge in [0.15, 0.2) is 4.80 Å². The average molecular weight is 625 g/mol. The molecule has 40 heavy (non-hydrogen) atoms. The van der Waals surface area contributed by atoms with Crippen LogP contribution in [0.25, 0.3) is 6.08 Å². The van der Waals surface area contributed by atoms with Crippen LogP contribution in [0.2, 0.25) is 0 Å². The van der Waals surface area contributed by atoms with Gasteiger partial charge < -0.3 is 14.4 Å². The highest BCUT2D eigenvalue weighted by molar-refractivity contribution is 9.10. The number of piperidine rings is 1. The second-order valence-corrected chi connectivity index (χ2v) is 11.9. The molecule has 3 aromatic rings. The van der Waals surface area contributed by atoms with E-state index >= 15 is 0 Å². The molecule has 7 nitrogen and oxygen atoms in total. The van der Waals surface area contributed by atoms with Gasteiger partial charge in [-0.25, -0.2) is 9.79 Å². The lowest BCUT2D eigenvalue weighted by Crippen LogP contribution is -2.40. The standard InChI is InChI=1S/C31H34BrN3O4S/c1-4-9-24-27(30(37)39-5-2)28(23-19-21(32)12-15-25(23)38-3)35-29(36)26(40-31(35)33-24)18-20-10-13-22(14-11-20)34-16-7-6-8-17-34/h10-15,18-19,28H,4-9,16-17H2,1-3H3/b26-18-/t28-/m1/s1. The van der Waals surface area contributed by atoms with Crippen molar-refractivity contribution in [1.29, 1.82) is 0 Å². The molecule has 0 bridgehead atoms. The number of nitrogens with zero attached hydrogens (tertiary/aromatic N) is 3. The van der Waals surface area contributed by atoms with Crippen molar-refractivity contribution in [2.24, 2.45) is 4.99 Å². The van der Waals surface area contributed by atoms with E-state index in [0.717, 1.165) is 29.5 Å². The highest BCUT2D eigenvalue weighted by Gasteiger charge is 2.36. The quantitative estimate of drug-likeness (QED) is 0.317. The van der Waals surface area contributed by atoms with Crippen LogP contribution in [0.5, 0.6) is 5.75 Å². The van der Waals surface area contributed by atoms with Crippen LogP contribution < -0.4 is 24.5 Å². The Bertz CT molecular complexity index is 1600. The molecule has 0 amide bonds. The van der Waals surface area contributed by atoms with E-state index in [2.05, 4.69) is 45.1 Å². The van der Waals surface area contributed by atoms with Crippen molar-refractivity contribution in [3.05, 3.63) is 89.0 Å². The van der Waals surface area contributed by atoms with Crippen LogP contribution in [0.1, 0.15) is 63.1 Å². The van der Waals surface area contributed by atoms with Crippen molar-refractivity contribution in [2.45, 2.75) is 52.0 Å². The van der Waals surface area contributed by atoms with Gasteiger partial charge in [0.2, 0.25) is 0 Å². The van der Waals surface area contributed by atoms with E-state index in [1.807, 2.05) is 31.2 Å². The van der Waals surface area contributed by atoms with Gasteiger partial charge in [-0.1, -0.05) is 52.7 Å². The maximum Gasteiger partial charge on any atom is 0.338 e. The molecular weight excluding hydrogens is 590 g/mol. The van der Waals surface area contributed by atoms with E-state index in [4.69, 9.17) is 14.5 Å².